The lowest BCUT2D eigenvalue weighted by atomic mass is 10.4. The van der Waals surface area contributed by atoms with E-state index in [0.29, 0.717) is 0 Å². The molecule has 0 aliphatic rings. The summed E-state index contributed by atoms with van der Waals surface area (Å²) in [5.41, 5.74) is 0. The van der Waals surface area contributed by atoms with Crippen LogP contribution in [0.15, 0.2) is 0 Å². The van der Waals surface area contributed by atoms with Crippen LogP contribution in [0, 0.1) is 0 Å². The first kappa shape index (κ1) is 6.98. The highest BCUT2D eigenvalue weighted by Gasteiger charge is 1.69. The van der Waals surface area contributed by atoms with E-state index in [-0.39, 0.29) is 0 Å². The summed E-state index contributed by atoms with van der Waals surface area (Å²) in [5.74, 6) is 0. The molecule has 0 saturated carbocycles. The summed E-state index contributed by atoms with van der Waals surface area (Å²) in [7, 11) is -0.486. The zero-order valence-electron chi connectivity index (χ0n) is 5.23. The van der Waals surface area contributed by atoms with Crippen molar-refractivity contribution in [1.29, 1.82) is 0 Å². The molecular formula is C4H12BO2-. The van der Waals surface area contributed by atoms with Gasteiger partial charge in [0, 0.05) is 0 Å². The Labute approximate surface area is 45.1 Å². The van der Waals surface area contributed by atoms with Gasteiger partial charge in [0.15, 0.2) is 0 Å². The highest BCUT2D eigenvalue weighted by molar-refractivity contribution is 6.17. The summed E-state index contributed by atoms with van der Waals surface area (Å²) in [6, 6.07) is 0. The molecule has 2 nitrogen and oxygen atoms in total. The van der Waals surface area contributed by atoms with Crippen LogP contribution in [0.25, 0.3) is 0 Å². The molecule has 7 heavy (non-hydrogen) atoms. The zero-order chi connectivity index (χ0) is 5.54. The Morgan fingerprint density at radius 3 is 1.86 bits per heavy atom. The molecule has 0 aliphatic carbocycles. The van der Waals surface area contributed by atoms with Gasteiger partial charge >= 0.3 is 0 Å². The van der Waals surface area contributed by atoms with Crippen LogP contribution in [0.3, 0.4) is 0 Å². The molecule has 0 rings (SSSR count). The smallest absolute Gasteiger partial charge is 0.210 e. The molecule has 0 spiro atoms. The minimum Gasteiger partial charge on any atom is -0.573 e. The first-order chi connectivity index (χ1) is 3.41. The summed E-state index contributed by atoms with van der Waals surface area (Å²) in [6.07, 6.45) is 0. The Hall–Kier alpha value is -0.0151. The van der Waals surface area contributed by atoms with Gasteiger partial charge in [0.05, 0.1) is 0 Å². The maximum absolute atomic E-state index is 4.98. The highest BCUT2D eigenvalue weighted by atomic mass is 16.6. The number of hydrogen-bond donors (Lipinski definition) is 0. The van der Waals surface area contributed by atoms with Crippen molar-refractivity contribution in [3.05, 3.63) is 0 Å². The minimum atomic E-state index is -0.486. The summed E-state index contributed by atoms with van der Waals surface area (Å²) in [6.45, 7) is 5.53. The molecule has 0 unspecified atom stereocenters. The van der Waals surface area contributed by atoms with Gasteiger partial charge in [-0.1, -0.05) is 0 Å². The maximum Gasteiger partial charge on any atom is 0.210 e. The molecule has 0 aromatic carbocycles. The van der Waals surface area contributed by atoms with E-state index in [1.807, 2.05) is 13.8 Å². The third kappa shape index (κ3) is 5.98. The molecule has 0 radical (unpaired) electrons. The van der Waals surface area contributed by atoms with E-state index >= 15 is 0 Å². The Morgan fingerprint density at radius 2 is 1.57 bits per heavy atom. The van der Waals surface area contributed by atoms with Gasteiger partial charge in [-0.15, -0.1) is 0 Å². The van der Waals surface area contributed by atoms with E-state index in [1.54, 1.807) is 0 Å². The Bertz CT molecular complexity index is 28.9. The Morgan fingerprint density at radius 1 is 1.14 bits per heavy atom. The van der Waals surface area contributed by atoms with Crippen LogP contribution >= 0.6 is 0 Å². The van der Waals surface area contributed by atoms with Gasteiger partial charge in [0.25, 0.3) is 0 Å². The fourth-order valence-corrected chi connectivity index (χ4v) is 0.319. The molecule has 0 saturated heterocycles. The first-order valence-corrected chi connectivity index (χ1v) is 2.81. The van der Waals surface area contributed by atoms with Gasteiger partial charge in [0.1, 0.15) is 0 Å². The lowest BCUT2D eigenvalue weighted by Gasteiger charge is -2.08. The second kappa shape index (κ2) is 5.98. The van der Waals surface area contributed by atoms with Crippen molar-refractivity contribution in [2.75, 3.05) is 13.2 Å². The van der Waals surface area contributed by atoms with Crippen LogP contribution in [-0.2, 0) is 9.31 Å². The predicted octanol–water partition coefficient (Wildman–Crippen LogP) is 0.0582. The van der Waals surface area contributed by atoms with E-state index in [2.05, 4.69) is 0 Å². The maximum atomic E-state index is 4.98. The summed E-state index contributed by atoms with van der Waals surface area (Å²) < 4.78 is 9.95. The molecule has 3 heteroatoms. The lowest BCUT2D eigenvalue weighted by Crippen LogP contribution is -2.02. The molecule has 0 atom stereocenters. The highest BCUT2D eigenvalue weighted by Crippen LogP contribution is 1.70. The third-order valence-corrected chi connectivity index (χ3v) is 0.813. The van der Waals surface area contributed by atoms with Gasteiger partial charge in [-0.25, -0.2) is 0 Å². The molecule has 0 aromatic rings. The molecular weight excluding hydrogens is 90.9 g/mol. The zero-order valence-corrected chi connectivity index (χ0v) is 5.23. The summed E-state index contributed by atoms with van der Waals surface area (Å²) >= 11 is 0. The third-order valence-electron chi connectivity index (χ3n) is 0.813. The fourth-order valence-electron chi connectivity index (χ4n) is 0.319. The van der Waals surface area contributed by atoms with E-state index in [1.165, 1.54) is 0 Å². The topological polar surface area (TPSA) is 18.5 Å². The van der Waals surface area contributed by atoms with Crippen LogP contribution in [0.2, 0.25) is 0 Å². The van der Waals surface area contributed by atoms with Crippen molar-refractivity contribution in [2.45, 2.75) is 13.8 Å². The van der Waals surface area contributed by atoms with Crippen molar-refractivity contribution >= 4 is 7.69 Å². The van der Waals surface area contributed by atoms with Crippen LogP contribution in [-0.4, -0.2) is 20.9 Å². The van der Waals surface area contributed by atoms with Gasteiger partial charge < -0.3 is 9.31 Å². The fraction of sp³-hybridized carbons (Fsp3) is 1.00. The second-order valence-corrected chi connectivity index (χ2v) is 1.32. The molecule has 0 aromatic heterocycles. The van der Waals surface area contributed by atoms with Crippen LogP contribution in [0.1, 0.15) is 13.8 Å². The van der Waals surface area contributed by atoms with E-state index in [0.717, 1.165) is 13.2 Å². The van der Waals surface area contributed by atoms with Crippen molar-refractivity contribution in [1.82, 2.24) is 0 Å². The molecule has 0 heterocycles. The first-order valence-electron chi connectivity index (χ1n) is 2.81. The monoisotopic (exact) mass is 103 g/mol. The Balaban J connectivity index is 2.45. The van der Waals surface area contributed by atoms with Crippen molar-refractivity contribution < 1.29 is 9.31 Å². The Kier molecular flexibility index (Phi) is 5.97. The summed E-state index contributed by atoms with van der Waals surface area (Å²) in [5, 5.41) is 0. The average molecular weight is 103 g/mol. The molecule has 0 amide bonds. The van der Waals surface area contributed by atoms with Gasteiger partial charge in [-0.05, 0) is 27.1 Å². The van der Waals surface area contributed by atoms with E-state index in [9.17, 15) is 0 Å². The molecule has 0 aliphatic heterocycles. The normalized spacial score (nSPS) is 9.43. The van der Waals surface area contributed by atoms with E-state index in [4.69, 9.17) is 9.31 Å². The second-order valence-electron chi connectivity index (χ2n) is 1.32. The largest absolute Gasteiger partial charge is 0.573 e. The average Bonchev–Trinajstić information content (AvgIpc) is 1.69. The molecule has 0 fully saturated rings. The van der Waals surface area contributed by atoms with Crippen LogP contribution < -0.4 is 0 Å². The van der Waals surface area contributed by atoms with Gasteiger partial charge in [-0.2, -0.15) is 0 Å². The number of rotatable bonds is 4. The van der Waals surface area contributed by atoms with Crippen LogP contribution in [0.4, 0.5) is 0 Å². The van der Waals surface area contributed by atoms with Gasteiger partial charge in [-0.3, -0.25) is 0 Å². The number of hydrogen-bond acceptors (Lipinski definition) is 2. The molecule has 44 valence electrons. The van der Waals surface area contributed by atoms with Crippen molar-refractivity contribution in [2.24, 2.45) is 0 Å². The quantitative estimate of drug-likeness (QED) is 0.370. The molecule has 0 bridgehead atoms. The summed E-state index contributed by atoms with van der Waals surface area (Å²) in [4.78, 5) is 0. The minimum absolute atomic E-state index is 0.486. The van der Waals surface area contributed by atoms with Crippen molar-refractivity contribution in [3.8, 4) is 0 Å². The standard InChI is InChI=1S/C4H12BO2/c1-3-6-5-7-4-2/h3-5H2,1-2H3/q-1. The predicted molar refractivity (Wildman–Crippen MR) is 31.8 cm³/mol. The van der Waals surface area contributed by atoms with Crippen LogP contribution in [0.5, 0.6) is 0 Å². The van der Waals surface area contributed by atoms with Gasteiger partial charge in [0.2, 0.25) is 7.69 Å². The SMILES string of the molecule is CCO[BH2-]OCC. The van der Waals surface area contributed by atoms with E-state index < -0.39 is 7.69 Å². The lowest BCUT2D eigenvalue weighted by molar-refractivity contribution is 0.240. The van der Waals surface area contributed by atoms with Crippen molar-refractivity contribution in [3.63, 3.8) is 0 Å². The molecule has 0 N–H and O–H groups in total.